The first-order chi connectivity index (χ1) is 15.0. The first-order valence-corrected chi connectivity index (χ1v) is 10.6. The number of benzene rings is 2. The molecule has 0 N–H and O–H groups in total. The third-order valence-corrected chi connectivity index (χ3v) is 5.68. The number of ether oxygens (including phenoxy) is 1. The topological polar surface area (TPSA) is 81.5 Å². The fraction of sp³-hybridized carbons (Fsp3) is 0.333. The van der Waals surface area contributed by atoms with Crippen LogP contribution in [0.15, 0.2) is 53.3 Å². The minimum Gasteiger partial charge on any atom is -0.444 e. The van der Waals surface area contributed by atoms with E-state index in [1.54, 1.807) is 51.9 Å². The van der Waals surface area contributed by atoms with Gasteiger partial charge in [0.05, 0.1) is 16.5 Å². The first kappa shape index (κ1) is 20.8. The van der Waals surface area contributed by atoms with E-state index in [0.717, 1.165) is 18.7 Å². The Hall–Kier alpha value is -3.48. The number of amides is 1. The molecule has 4 rings (SSSR count). The van der Waals surface area contributed by atoms with Crippen molar-refractivity contribution in [3.05, 3.63) is 75.8 Å². The summed E-state index contributed by atoms with van der Waals surface area (Å²) in [5.41, 5.74) is 1.26. The second-order valence-corrected chi connectivity index (χ2v) is 7.53. The van der Waals surface area contributed by atoms with Crippen LogP contribution in [0.2, 0.25) is 0 Å². The Balaban J connectivity index is 1.67. The van der Waals surface area contributed by atoms with Crippen molar-refractivity contribution >= 4 is 22.8 Å². The van der Waals surface area contributed by atoms with Crippen LogP contribution in [0.4, 0.5) is 0 Å². The van der Waals surface area contributed by atoms with Gasteiger partial charge < -0.3 is 9.64 Å². The maximum atomic E-state index is 13.1. The molecule has 7 heteroatoms. The molecule has 160 valence electrons. The number of hydrogen-bond acceptors (Lipinski definition) is 5. The lowest BCUT2D eigenvalue weighted by Gasteiger charge is -2.25. The van der Waals surface area contributed by atoms with Gasteiger partial charge in [-0.05, 0) is 38.5 Å². The van der Waals surface area contributed by atoms with Crippen molar-refractivity contribution in [1.29, 1.82) is 0 Å². The maximum Gasteiger partial charge on any atom is 0.339 e. The van der Waals surface area contributed by atoms with Crippen molar-refractivity contribution in [1.82, 2.24) is 14.5 Å². The molecule has 0 aliphatic carbocycles. The van der Waals surface area contributed by atoms with Crippen LogP contribution < -0.4 is 5.56 Å². The Bertz CT molecular complexity index is 1180. The van der Waals surface area contributed by atoms with E-state index >= 15 is 0 Å². The summed E-state index contributed by atoms with van der Waals surface area (Å²) in [6, 6.07) is 13.7. The molecule has 3 aromatic rings. The number of carbonyl (C=O) groups excluding carboxylic acids is 2. The number of hydrogen-bond donors (Lipinski definition) is 0. The van der Waals surface area contributed by atoms with E-state index in [1.165, 1.54) is 0 Å². The molecule has 2 aromatic carbocycles. The van der Waals surface area contributed by atoms with E-state index in [-0.39, 0.29) is 17.0 Å². The van der Waals surface area contributed by atoms with Gasteiger partial charge in [-0.2, -0.15) is 0 Å². The third-order valence-electron chi connectivity index (χ3n) is 5.68. The lowest BCUT2D eigenvalue weighted by molar-refractivity contribution is -0.140. The van der Waals surface area contributed by atoms with E-state index in [0.29, 0.717) is 36.1 Å². The number of esters is 1. The molecule has 1 amide bonds. The summed E-state index contributed by atoms with van der Waals surface area (Å²) in [5.74, 6) is -0.153. The Morgan fingerprint density at radius 3 is 2.58 bits per heavy atom. The number of likely N-dealkylation sites (N-methyl/N-ethyl adjacent to an activating group) is 1. The third kappa shape index (κ3) is 3.95. The zero-order valence-electron chi connectivity index (χ0n) is 17.7. The van der Waals surface area contributed by atoms with Gasteiger partial charge in [0.1, 0.15) is 5.82 Å². The lowest BCUT2D eigenvalue weighted by atomic mass is 10.1. The van der Waals surface area contributed by atoms with Gasteiger partial charge in [0.15, 0.2) is 0 Å². The lowest BCUT2D eigenvalue weighted by Crippen LogP contribution is -2.36. The zero-order chi connectivity index (χ0) is 22.0. The number of aryl methyl sites for hydroxylation is 1. The quantitative estimate of drug-likeness (QED) is 0.574. The predicted molar refractivity (Wildman–Crippen MR) is 117 cm³/mol. The van der Waals surface area contributed by atoms with E-state index in [1.807, 2.05) is 19.9 Å². The summed E-state index contributed by atoms with van der Waals surface area (Å²) >= 11 is 0. The summed E-state index contributed by atoms with van der Waals surface area (Å²) in [7, 11) is 0. The van der Waals surface area contributed by atoms with Crippen LogP contribution in [0.25, 0.3) is 10.9 Å². The second kappa shape index (κ2) is 8.71. The first-order valence-electron chi connectivity index (χ1n) is 10.6. The molecule has 7 nitrogen and oxygen atoms in total. The van der Waals surface area contributed by atoms with Gasteiger partial charge >= 0.3 is 5.97 Å². The molecule has 0 unspecified atom stereocenters. The molecular formula is C24H25N3O4. The maximum absolute atomic E-state index is 13.1. The highest BCUT2D eigenvalue weighted by atomic mass is 16.5. The van der Waals surface area contributed by atoms with Crippen molar-refractivity contribution in [2.75, 3.05) is 13.1 Å². The van der Waals surface area contributed by atoms with Crippen LogP contribution in [0.3, 0.4) is 0 Å². The van der Waals surface area contributed by atoms with Gasteiger partial charge in [0.25, 0.3) is 11.5 Å². The Morgan fingerprint density at radius 2 is 1.87 bits per heavy atom. The molecule has 31 heavy (non-hydrogen) atoms. The van der Waals surface area contributed by atoms with E-state index in [9.17, 15) is 14.4 Å². The van der Waals surface area contributed by atoms with Gasteiger partial charge in [0.2, 0.25) is 6.10 Å². The van der Waals surface area contributed by atoms with Crippen LogP contribution in [0.1, 0.15) is 48.1 Å². The average molecular weight is 419 g/mol. The largest absolute Gasteiger partial charge is 0.444 e. The minimum atomic E-state index is -1.04. The fourth-order valence-corrected chi connectivity index (χ4v) is 3.98. The number of carbonyl (C=O) groups is 2. The normalized spacial score (nSPS) is 13.6. The summed E-state index contributed by atoms with van der Waals surface area (Å²) < 4.78 is 7.39. The van der Waals surface area contributed by atoms with Crippen molar-refractivity contribution < 1.29 is 14.3 Å². The molecule has 0 radical (unpaired) electrons. The number of nitrogens with zero attached hydrogens (tertiary/aromatic N) is 3. The van der Waals surface area contributed by atoms with Gasteiger partial charge in [-0.1, -0.05) is 30.3 Å². The van der Waals surface area contributed by atoms with Crippen LogP contribution in [-0.4, -0.2) is 39.4 Å². The fourth-order valence-electron chi connectivity index (χ4n) is 3.98. The second-order valence-electron chi connectivity index (χ2n) is 7.53. The Kier molecular flexibility index (Phi) is 5.84. The summed E-state index contributed by atoms with van der Waals surface area (Å²) in [6.07, 6.45) is 0.594. The van der Waals surface area contributed by atoms with E-state index < -0.39 is 12.1 Å². The monoisotopic (exact) mass is 419 g/mol. The van der Waals surface area contributed by atoms with E-state index in [4.69, 9.17) is 4.74 Å². The summed E-state index contributed by atoms with van der Waals surface area (Å²) in [6.45, 7) is 5.48. The SMILES string of the molecule is CCN(CC)C(=O)[C@H](OC(=O)c1ccc2c(=O)n3c(nc2c1)CCC3)c1ccccc1. The van der Waals surface area contributed by atoms with Crippen molar-refractivity contribution in [3.8, 4) is 0 Å². The molecule has 1 aliphatic rings. The number of aromatic nitrogens is 2. The molecule has 1 aliphatic heterocycles. The standard InChI is InChI=1S/C24H25N3O4/c1-3-26(4-2)23(29)21(16-9-6-5-7-10-16)31-24(30)17-12-13-18-19(15-17)25-20-11-8-14-27(20)22(18)28/h5-7,9-10,12-13,15,21H,3-4,8,11,14H2,1-2H3/t21-/m1/s1. The molecule has 0 spiro atoms. The smallest absolute Gasteiger partial charge is 0.339 e. The highest BCUT2D eigenvalue weighted by molar-refractivity contribution is 5.96. The number of fused-ring (bicyclic) bond motifs is 2. The van der Waals surface area contributed by atoms with Gasteiger partial charge in [-0.25, -0.2) is 9.78 Å². The predicted octanol–water partition coefficient (Wildman–Crippen LogP) is 3.11. The summed E-state index contributed by atoms with van der Waals surface area (Å²) in [5, 5.41) is 0.473. The summed E-state index contributed by atoms with van der Waals surface area (Å²) in [4.78, 5) is 44.9. The molecular weight excluding hydrogens is 394 g/mol. The highest BCUT2D eigenvalue weighted by Gasteiger charge is 2.29. The zero-order valence-corrected chi connectivity index (χ0v) is 17.7. The average Bonchev–Trinajstić information content (AvgIpc) is 3.27. The van der Waals surface area contributed by atoms with Crippen molar-refractivity contribution in [2.24, 2.45) is 0 Å². The van der Waals surface area contributed by atoms with E-state index in [2.05, 4.69) is 4.98 Å². The molecule has 0 fully saturated rings. The molecule has 2 heterocycles. The van der Waals surface area contributed by atoms with Crippen LogP contribution in [0, 0.1) is 0 Å². The van der Waals surface area contributed by atoms with Crippen LogP contribution in [0.5, 0.6) is 0 Å². The molecule has 1 aromatic heterocycles. The molecule has 0 saturated carbocycles. The highest BCUT2D eigenvalue weighted by Crippen LogP contribution is 2.23. The van der Waals surface area contributed by atoms with Crippen LogP contribution in [-0.2, 0) is 22.5 Å². The minimum absolute atomic E-state index is 0.0868. The number of rotatable bonds is 6. The van der Waals surface area contributed by atoms with Crippen molar-refractivity contribution in [2.45, 2.75) is 39.3 Å². The van der Waals surface area contributed by atoms with Crippen molar-refractivity contribution in [3.63, 3.8) is 0 Å². The molecule has 0 bridgehead atoms. The molecule has 1 atom stereocenters. The van der Waals surface area contributed by atoms with Gasteiger partial charge in [-0.3, -0.25) is 14.2 Å². The Labute approximate surface area is 180 Å². The van der Waals surface area contributed by atoms with Gasteiger partial charge in [-0.15, -0.1) is 0 Å². The van der Waals surface area contributed by atoms with Crippen LogP contribution >= 0.6 is 0 Å². The molecule has 0 saturated heterocycles. The van der Waals surface area contributed by atoms with Gasteiger partial charge in [0, 0.05) is 31.6 Å². The Morgan fingerprint density at radius 1 is 1.13 bits per heavy atom.